The number of nitrogens with zero attached hydrogens (tertiary/aromatic N) is 1. The number of oxazole rings is 1. The van der Waals surface area contributed by atoms with Crippen molar-refractivity contribution in [2.24, 2.45) is 0 Å². The molecule has 1 heterocycles. The lowest BCUT2D eigenvalue weighted by Crippen LogP contribution is -2.35. The van der Waals surface area contributed by atoms with Gasteiger partial charge >= 0.3 is 12.4 Å². The number of anilines is 1. The second-order valence-corrected chi connectivity index (χ2v) is 6.99. The number of amides is 1. The van der Waals surface area contributed by atoms with E-state index in [1.165, 1.54) is 6.07 Å². The van der Waals surface area contributed by atoms with Gasteiger partial charge in [-0.15, -0.1) is 0 Å². The van der Waals surface area contributed by atoms with Crippen LogP contribution < -0.4 is 15.4 Å². The number of carbonyl (C=O) groups is 1. The number of carbonyl (C=O) groups excluding carboxylic acids is 1. The van der Waals surface area contributed by atoms with Gasteiger partial charge in [-0.3, -0.25) is 10.1 Å². The summed E-state index contributed by atoms with van der Waals surface area (Å²) in [5.41, 5.74) is -2.28. The molecule has 0 aliphatic rings. The Morgan fingerprint density at radius 3 is 2.44 bits per heavy atom. The van der Waals surface area contributed by atoms with Gasteiger partial charge in [0, 0.05) is 12.6 Å². The molecular weight excluding hydrogens is 464 g/mol. The molecule has 1 amide bonds. The summed E-state index contributed by atoms with van der Waals surface area (Å²) in [6.45, 7) is 3.17. The molecule has 0 aliphatic carbocycles. The largest absolute Gasteiger partial charge is 0.493 e. The quantitative estimate of drug-likeness (QED) is 0.298. The van der Waals surface area contributed by atoms with Gasteiger partial charge in [-0.05, 0) is 36.8 Å². The minimum absolute atomic E-state index is 0.108. The van der Waals surface area contributed by atoms with Gasteiger partial charge in [-0.25, -0.2) is 4.98 Å². The molecule has 1 aromatic carbocycles. The lowest BCUT2D eigenvalue weighted by Gasteiger charge is -2.16. The van der Waals surface area contributed by atoms with E-state index in [1.807, 2.05) is 12.2 Å². The van der Waals surface area contributed by atoms with E-state index >= 15 is 0 Å². The number of benzene rings is 1. The van der Waals surface area contributed by atoms with E-state index in [4.69, 9.17) is 17.0 Å². The van der Waals surface area contributed by atoms with Crippen LogP contribution >= 0.6 is 12.2 Å². The van der Waals surface area contributed by atoms with Crippen LogP contribution in [-0.4, -0.2) is 22.6 Å². The first kappa shape index (κ1) is 25.4. The summed E-state index contributed by atoms with van der Waals surface area (Å²) in [6, 6.07) is 3.03. The highest BCUT2D eigenvalue weighted by Gasteiger charge is 2.41. The van der Waals surface area contributed by atoms with Crippen LogP contribution in [0, 0.1) is 6.92 Å². The molecule has 176 valence electrons. The minimum Gasteiger partial charge on any atom is -0.493 e. The maximum absolute atomic E-state index is 13.4. The molecule has 2 aromatic rings. The summed E-state index contributed by atoms with van der Waals surface area (Å²) in [7, 11) is 0. The number of hydrogen-bond acceptors (Lipinski definition) is 5. The van der Waals surface area contributed by atoms with Gasteiger partial charge in [-0.1, -0.05) is 19.8 Å². The van der Waals surface area contributed by atoms with Crippen LogP contribution in [0.3, 0.4) is 0 Å². The number of alkyl halides is 6. The van der Waals surface area contributed by atoms with Crippen LogP contribution in [0.5, 0.6) is 5.75 Å². The highest BCUT2D eigenvalue weighted by molar-refractivity contribution is 7.80. The molecule has 13 heteroatoms. The molecular formula is C19H19F6N3O3S. The number of hydrogen-bond donors (Lipinski definition) is 2. The smallest absolute Gasteiger partial charge is 0.452 e. The third-order valence-corrected chi connectivity index (χ3v) is 4.19. The standard InChI is InChI=1S/C19H19F6N3O3S/c1-3-4-5-8-30-13-7-6-11(9-12(13)18(20,21)22)27-17(32)28-16(29)14-15(19(23,24)25)31-10(2)26-14/h6-7,9H,3-5,8H2,1-2H3,(H2,27,28,29,32). The molecule has 1 aromatic heterocycles. The van der Waals surface area contributed by atoms with Gasteiger partial charge in [0.25, 0.3) is 5.91 Å². The summed E-state index contributed by atoms with van der Waals surface area (Å²) in [6.07, 6.45) is -7.44. The summed E-state index contributed by atoms with van der Waals surface area (Å²) >= 11 is 4.83. The molecule has 2 rings (SSSR count). The Bertz CT molecular complexity index is 972. The second kappa shape index (κ2) is 10.2. The van der Waals surface area contributed by atoms with Crippen molar-refractivity contribution in [2.45, 2.75) is 45.5 Å². The minimum atomic E-state index is -4.97. The number of halogens is 6. The molecule has 2 N–H and O–H groups in total. The number of ether oxygens (including phenoxy) is 1. The van der Waals surface area contributed by atoms with E-state index in [0.717, 1.165) is 31.9 Å². The lowest BCUT2D eigenvalue weighted by atomic mass is 10.1. The predicted molar refractivity (Wildman–Crippen MR) is 106 cm³/mol. The van der Waals surface area contributed by atoms with Crippen molar-refractivity contribution in [2.75, 3.05) is 11.9 Å². The van der Waals surface area contributed by atoms with Crippen molar-refractivity contribution in [1.29, 1.82) is 0 Å². The zero-order valence-electron chi connectivity index (χ0n) is 16.9. The summed E-state index contributed by atoms with van der Waals surface area (Å²) < 4.78 is 88.7. The van der Waals surface area contributed by atoms with Crippen molar-refractivity contribution in [3.63, 3.8) is 0 Å². The number of unbranched alkanes of at least 4 members (excludes halogenated alkanes) is 2. The molecule has 0 bridgehead atoms. The van der Waals surface area contributed by atoms with Crippen molar-refractivity contribution in [3.05, 3.63) is 41.1 Å². The fraction of sp³-hybridized carbons (Fsp3) is 0.421. The Hall–Kier alpha value is -2.83. The monoisotopic (exact) mass is 483 g/mol. The predicted octanol–water partition coefficient (Wildman–Crippen LogP) is 5.72. The Morgan fingerprint density at radius 1 is 1.16 bits per heavy atom. The molecule has 0 atom stereocenters. The average molecular weight is 483 g/mol. The van der Waals surface area contributed by atoms with Crippen LogP contribution in [0.4, 0.5) is 32.0 Å². The van der Waals surface area contributed by atoms with Crippen molar-refractivity contribution in [1.82, 2.24) is 10.3 Å². The van der Waals surface area contributed by atoms with Crippen LogP contribution in [0.25, 0.3) is 0 Å². The number of aryl methyl sites for hydroxylation is 1. The summed E-state index contributed by atoms with van der Waals surface area (Å²) in [5.74, 6) is -3.72. The highest BCUT2D eigenvalue weighted by atomic mass is 32.1. The molecule has 0 saturated heterocycles. The van der Waals surface area contributed by atoms with Crippen LogP contribution in [0.1, 0.15) is 53.9 Å². The van der Waals surface area contributed by atoms with E-state index < -0.39 is 46.3 Å². The van der Waals surface area contributed by atoms with Crippen molar-refractivity contribution >= 4 is 28.9 Å². The fourth-order valence-electron chi connectivity index (χ4n) is 2.59. The molecule has 0 radical (unpaired) electrons. The first-order valence-corrected chi connectivity index (χ1v) is 9.74. The third-order valence-electron chi connectivity index (χ3n) is 3.98. The van der Waals surface area contributed by atoms with Gasteiger partial charge in [-0.2, -0.15) is 26.3 Å². The van der Waals surface area contributed by atoms with E-state index in [-0.39, 0.29) is 18.0 Å². The SMILES string of the molecule is CCCCCOc1ccc(NC(=S)NC(=O)c2nc(C)oc2C(F)(F)F)cc1C(F)(F)F. The zero-order valence-corrected chi connectivity index (χ0v) is 17.7. The van der Waals surface area contributed by atoms with Crippen molar-refractivity contribution in [3.8, 4) is 5.75 Å². The molecule has 0 fully saturated rings. The maximum Gasteiger partial charge on any atom is 0.452 e. The molecule has 0 aliphatic heterocycles. The lowest BCUT2D eigenvalue weighted by molar-refractivity contribution is -0.153. The van der Waals surface area contributed by atoms with E-state index in [1.54, 1.807) is 0 Å². The van der Waals surface area contributed by atoms with Gasteiger partial charge in [0.15, 0.2) is 16.7 Å². The van der Waals surface area contributed by atoms with Gasteiger partial charge < -0.3 is 14.5 Å². The Kier molecular flexibility index (Phi) is 8.10. The van der Waals surface area contributed by atoms with Crippen LogP contribution in [0.2, 0.25) is 0 Å². The first-order valence-electron chi connectivity index (χ1n) is 9.34. The number of nitrogens with one attached hydrogen (secondary N) is 2. The van der Waals surface area contributed by atoms with Crippen molar-refractivity contribution < 1.29 is 40.3 Å². The van der Waals surface area contributed by atoms with Gasteiger partial charge in [0.2, 0.25) is 5.76 Å². The second-order valence-electron chi connectivity index (χ2n) is 6.58. The molecule has 6 nitrogen and oxygen atoms in total. The number of rotatable bonds is 7. The van der Waals surface area contributed by atoms with Crippen LogP contribution in [-0.2, 0) is 12.4 Å². The topological polar surface area (TPSA) is 76.4 Å². The molecule has 32 heavy (non-hydrogen) atoms. The molecule has 0 saturated carbocycles. The van der Waals surface area contributed by atoms with E-state index in [9.17, 15) is 31.1 Å². The fourth-order valence-corrected chi connectivity index (χ4v) is 2.80. The zero-order chi connectivity index (χ0) is 24.1. The first-order chi connectivity index (χ1) is 14.8. The van der Waals surface area contributed by atoms with Gasteiger partial charge in [0.1, 0.15) is 5.75 Å². The summed E-state index contributed by atoms with van der Waals surface area (Å²) in [4.78, 5) is 15.5. The maximum atomic E-state index is 13.4. The molecule has 0 spiro atoms. The van der Waals surface area contributed by atoms with Gasteiger partial charge in [0.05, 0.1) is 12.2 Å². The number of aromatic nitrogens is 1. The summed E-state index contributed by atoms with van der Waals surface area (Å²) in [5, 5.41) is 3.73. The Morgan fingerprint density at radius 2 is 1.84 bits per heavy atom. The van der Waals surface area contributed by atoms with E-state index in [0.29, 0.717) is 6.42 Å². The highest BCUT2D eigenvalue weighted by Crippen LogP contribution is 2.38. The normalized spacial score (nSPS) is 11.9. The van der Waals surface area contributed by atoms with E-state index in [2.05, 4.69) is 14.7 Å². The number of thiocarbonyl (C=S) groups is 1. The average Bonchev–Trinajstić information content (AvgIpc) is 3.07. The Balaban J connectivity index is 2.14. The van der Waals surface area contributed by atoms with Crippen LogP contribution in [0.15, 0.2) is 22.6 Å². The third kappa shape index (κ3) is 6.84. The molecule has 0 unspecified atom stereocenters. The Labute approximate surface area is 184 Å².